The van der Waals surface area contributed by atoms with E-state index in [4.69, 9.17) is 4.74 Å². The van der Waals surface area contributed by atoms with Crippen molar-refractivity contribution in [1.29, 1.82) is 0 Å². The number of esters is 1. The second-order valence-electron chi connectivity index (χ2n) is 6.74. The van der Waals surface area contributed by atoms with E-state index in [1.165, 1.54) is 38.2 Å². The topological polar surface area (TPSA) is 55.4 Å². The molecule has 1 amide bonds. The molecule has 0 spiro atoms. The molecule has 0 aliphatic rings. The minimum absolute atomic E-state index is 0.00561. The van der Waals surface area contributed by atoms with Crippen LogP contribution in [0.15, 0.2) is 11.6 Å². The smallest absolute Gasteiger partial charge is 0.328 e. The van der Waals surface area contributed by atoms with Gasteiger partial charge in [0.2, 0.25) is 5.91 Å². The Labute approximate surface area is 142 Å². The summed E-state index contributed by atoms with van der Waals surface area (Å²) in [5.41, 5.74) is 0.904. The molecule has 0 aromatic rings. The maximum absolute atomic E-state index is 12.1. The Morgan fingerprint density at radius 1 is 1.00 bits per heavy atom. The molecule has 134 valence electrons. The SMILES string of the molecule is CCCCCCCCCOC(=O)C(NC(=O)C=C(C)C)C(C)C. The predicted molar refractivity (Wildman–Crippen MR) is 95.2 cm³/mol. The first-order valence-corrected chi connectivity index (χ1v) is 9.00. The van der Waals surface area contributed by atoms with Crippen molar-refractivity contribution in [3.63, 3.8) is 0 Å². The summed E-state index contributed by atoms with van der Waals surface area (Å²) in [5.74, 6) is -0.566. The maximum atomic E-state index is 12.1. The van der Waals surface area contributed by atoms with E-state index >= 15 is 0 Å². The predicted octanol–water partition coefficient (Wildman–Crippen LogP) is 4.39. The summed E-state index contributed by atoms with van der Waals surface area (Å²) in [6.07, 6.45) is 9.79. The van der Waals surface area contributed by atoms with Crippen LogP contribution in [0.3, 0.4) is 0 Å². The molecular weight excluding hydrogens is 290 g/mol. The molecule has 0 saturated carbocycles. The molecule has 4 nitrogen and oxygen atoms in total. The zero-order valence-electron chi connectivity index (χ0n) is 15.6. The summed E-state index contributed by atoms with van der Waals surface area (Å²) in [5, 5.41) is 2.73. The second kappa shape index (κ2) is 13.1. The number of nitrogens with one attached hydrogen (secondary N) is 1. The summed E-state index contributed by atoms with van der Waals surface area (Å²) >= 11 is 0. The molecule has 0 bridgehead atoms. The van der Waals surface area contributed by atoms with Crippen LogP contribution in [0.2, 0.25) is 0 Å². The van der Waals surface area contributed by atoms with E-state index in [0.29, 0.717) is 6.61 Å². The Kier molecular flexibility index (Phi) is 12.4. The van der Waals surface area contributed by atoms with Gasteiger partial charge in [0.15, 0.2) is 0 Å². The maximum Gasteiger partial charge on any atom is 0.328 e. The zero-order chi connectivity index (χ0) is 17.7. The molecule has 23 heavy (non-hydrogen) atoms. The van der Waals surface area contributed by atoms with Crippen molar-refractivity contribution in [2.45, 2.75) is 85.6 Å². The monoisotopic (exact) mass is 325 g/mol. The Hall–Kier alpha value is -1.32. The van der Waals surface area contributed by atoms with Crippen molar-refractivity contribution in [2.75, 3.05) is 6.61 Å². The molecule has 0 aliphatic heterocycles. The van der Waals surface area contributed by atoms with Gasteiger partial charge in [0.25, 0.3) is 0 Å². The summed E-state index contributed by atoms with van der Waals surface area (Å²) in [6.45, 7) is 10.2. The van der Waals surface area contributed by atoms with Gasteiger partial charge in [0.05, 0.1) is 6.61 Å². The molecule has 0 fully saturated rings. The molecule has 1 unspecified atom stereocenters. The van der Waals surface area contributed by atoms with Crippen LogP contribution in [0.5, 0.6) is 0 Å². The summed E-state index contributed by atoms with van der Waals surface area (Å²) < 4.78 is 5.32. The van der Waals surface area contributed by atoms with E-state index in [0.717, 1.165) is 18.4 Å². The summed E-state index contributed by atoms with van der Waals surface area (Å²) in [7, 11) is 0. The van der Waals surface area contributed by atoms with E-state index in [-0.39, 0.29) is 17.8 Å². The van der Waals surface area contributed by atoms with E-state index in [1.807, 2.05) is 27.7 Å². The fourth-order valence-electron chi connectivity index (χ4n) is 2.28. The average Bonchev–Trinajstić information content (AvgIpc) is 2.46. The van der Waals surface area contributed by atoms with E-state index in [9.17, 15) is 9.59 Å². The number of ether oxygens (including phenoxy) is 1. The Balaban J connectivity index is 4.03. The lowest BCUT2D eigenvalue weighted by Crippen LogP contribution is -2.44. The van der Waals surface area contributed by atoms with Crippen molar-refractivity contribution in [1.82, 2.24) is 5.32 Å². The highest BCUT2D eigenvalue weighted by atomic mass is 16.5. The third kappa shape index (κ3) is 11.8. The quantitative estimate of drug-likeness (QED) is 0.329. The van der Waals surface area contributed by atoms with Crippen LogP contribution in [0.25, 0.3) is 0 Å². The number of hydrogen-bond donors (Lipinski definition) is 1. The standard InChI is InChI=1S/C19H35NO3/c1-6-7-8-9-10-11-12-13-23-19(22)18(16(4)5)20-17(21)14-15(2)3/h14,16,18H,6-13H2,1-5H3,(H,20,21). The fraction of sp³-hybridized carbons (Fsp3) is 0.789. The third-order valence-electron chi connectivity index (χ3n) is 3.63. The first-order valence-electron chi connectivity index (χ1n) is 9.00. The second-order valence-corrected chi connectivity index (χ2v) is 6.74. The highest BCUT2D eigenvalue weighted by Gasteiger charge is 2.24. The zero-order valence-corrected chi connectivity index (χ0v) is 15.6. The van der Waals surface area contributed by atoms with Crippen molar-refractivity contribution >= 4 is 11.9 Å². The van der Waals surface area contributed by atoms with Gasteiger partial charge in [-0.15, -0.1) is 0 Å². The Morgan fingerprint density at radius 2 is 1.57 bits per heavy atom. The minimum atomic E-state index is -0.581. The van der Waals surface area contributed by atoms with Gasteiger partial charge in [0, 0.05) is 6.08 Å². The van der Waals surface area contributed by atoms with Crippen LogP contribution < -0.4 is 5.32 Å². The van der Waals surface area contributed by atoms with Gasteiger partial charge in [-0.25, -0.2) is 4.79 Å². The lowest BCUT2D eigenvalue weighted by Gasteiger charge is -2.20. The molecule has 4 heteroatoms. The number of allylic oxidation sites excluding steroid dienone is 1. The molecule has 0 saturated heterocycles. The summed E-state index contributed by atoms with van der Waals surface area (Å²) in [6, 6.07) is -0.581. The van der Waals surface area contributed by atoms with Crippen LogP contribution >= 0.6 is 0 Å². The molecule has 0 radical (unpaired) electrons. The van der Waals surface area contributed by atoms with Gasteiger partial charge in [-0.1, -0.05) is 64.9 Å². The number of carbonyl (C=O) groups excluding carboxylic acids is 2. The van der Waals surface area contributed by atoms with Crippen LogP contribution in [-0.2, 0) is 14.3 Å². The van der Waals surface area contributed by atoms with E-state index in [2.05, 4.69) is 12.2 Å². The van der Waals surface area contributed by atoms with Crippen molar-refractivity contribution in [2.24, 2.45) is 5.92 Å². The molecule has 1 atom stereocenters. The van der Waals surface area contributed by atoms with Crippen LogP contribution in [0.1, 0.15) is 79.6 Å². The third-order valence-corrected chi connectivity index (χ3v) is 3.63. The molecule has 0 rings (SSSR count). The van der Waals surface area contributed by atoms with Gasteiger partial charge in [-0.3, -0.25) is 4.79 Å². The fourth-order valence-corrected chi connectivity index (χ4v) is 2.28. The summed E-state index contributed by atoms with van der Waals surface area (Å²) in [4.78, 5) is 23.9. The van der Waals surface area contributed by atoms with Gasteiger partial charge >= 0.3 is 5.97 Å². The molecule has 0 aliphatic carbocycles. The Morgan fingerprint density at radius 3 is 2.09 bits per heavy atom. The van der Waals surface area contributed by atoms with Crippen molar-refractivity contribution in [3.05, 3.63) is 11.6 Å². The van der Waals surface area contributed by atoms with E-state index in [1.54, 1.807) is 0 Å². The highest BCUT2D eigenvalue weighted by Crippen LogP contribution is 2.08. The largest absolute Gasteiger partial charge is 0.464 e. The number of unbranched alkanes of at least 4 members (excludes halogenated alkanes) is 6. The first-order chi connectivity index (χ1) is 10.9. The normalized spacial score (nSPS) is 11.9. The van der Waals surface area contributed by atoms with Crippen LogP contribution in [0.4, 0.5) is 0 Å². The minimum Gasteiger partial charge on any atom is -0.464 e. The molecular formula is C19H35NO3. The lowest BCUT2D eigenvalue weighted by molar-refractivity contribution is -0.148. The van der Waals surface area contributed by atoms with Crippen LogP contribution in [0, 0.1) is 5.92 Å². The van der Waals surface area contributed by atoms with Crippen LogP contribution in [-0.4, -0.2) is 24.5 Å². The number of carbonyl (C=O) groups is 2. The van der Waals surface area contributed by atoms with Gasteiger partial charge in [0.1, 0.15) is 6.04 Å². The van der Waals surface area contributed by atoms with Crippen molar-refractivity contribution < 1.29 is 14.3 Å². The number of rotatable bonds is 12. The number of hydrogen-bond acceptors (Lipinski definition) is 3. The Bertz CT molecular complexity index is 371. The van der Waals surface area contributed by atoms with Gasteiger partial charge in [-0.05, 0) is 26.2 Å². The molecule has 0 aromatic carbocycles. The highest BCUT2D eigenvalue weighted by molar-refractivity contribution is 5.92. The number of amides is 1. The molecule has 0 aromatic heterocycles. The van der Waals surface area contributed by atoms with Gasteiger partial charge < -0.3 is 10.1 Å². The molecule has 1 N–H and O–H groups in total. The first kappa shape index (κ1) is 21.7. The van der Waals surface area contributed by atoms with E-state index < -0.39 is 6.04 Å². The molecule has 0 heterocycles. The van der Waals surface area contributed by atoms with Crippen molar-refractivity contribution in [3.8, 4) is 0 Å². The van der Waals surface area contributed by atoms with Gasteiger partial charge in [-0.2, -0.15) is 0 Å². The average molecular weight is 325 g/mol. The lowest BCUT2D eigenvalue weighted by atomic mass is 10.0.